The molecule has 0 saturated heterocycles. The van der Waals surface area contributed by atoms with Gasteiger partial charge in [0.05, 0.1) is 12.8 Å². The van der Waals surface area contributed by atoms with Crippen LogP contribution < -0.4 is 5.32 Å². The number of rotatable bonds is 5. The first kappa shape index (κ1) is 13.1. The molecule has 0 amide bonds. The number of hydrogen-bond donors (Lipinski definition) is 2. The van der Waals surface area contributed by atoms with Crippen LogP contribution >= 0.6 is 0 Å². The topological polar surface area (TPSA) is 45.1 Å². The minimum Gasteiger partial charge on any atom is -0.395 e. The van der Waals surface area contributed by atoms with Crippen molar-refractivity contribution in [1.82, 2.24) is 10.3 Å². The molecule has 4 heteroatoms. The molecule has 0 spiro atoms. The monoisotopic (exact) mass is 226 g/mol. The first-order valence-electron chi connectivity index (χ1n) is 5.52. The van der Waals surface area contributed by atoms with Crippen LogP contribution in [-0.2, 0) is 0 Å². The zero-order chi connectivity index (χ0) is 12.1. The molecule has 0 unspecified atom stereocenters. The predicted molar refractivity (Wildman–Crippen MR) is 61.5 cm³/mol. The summed E-state index contributed by atoms with van der Waals surface area (Å²) >= 11 is 0. The van der Waals surface area contributed by atoms with Crippen molar-refractivity contribution in [2.45, 2.75) is 32.9 Å². The summed E-state index contributed by atoms with van der Waals surface area (Å²) in [7, 11) is 0. The number of hydrogen-bond acceptors (Lipinski definition) is 3. The van der Waals surface area contributed by atoms with Crippen LogP contribution in [0.15, 0.2) is 18.5 Å². The van der Waals surface area contributed by atoms with E-state index in [1.165, 1.54) is 12.3 Å². The number of aliphatic hydroxyl groups excluding tert-OH is 1. The van der Waals surface area contributed by atoms with E-state index in [0.29, 0.717) is 5.92 Å². The highest BCUT2D eigenvalue weighted by molar-refractivity contribution is 5.14. The van der Waals surface area contributed by atoms with E-state index >= 15 is 0 Å². The maximum atomic E-state index is 13.0. The van der Waals surface area contributed by atoms with Gasteiger partial charge in [-0.25, -0.2) is 4.39 Å². The molecular weight excluding hydrogens is 207 g/mol. The smallest absolute Gasteiger partial charge is 0.141 e. The first-order valence-corrected chi connectivity index (χ1v) is 5.52. The quantitative estimate of drug-likeness (QED) is 0.806. The lowest BCUT2D eigenvalue weighted by molar-refractivity contribution is 0.201. The van der Waals surface area contributed by atoms with Crippen molar-refractivity contribution in [2.24, 2.45) is 5.92 Å². The van der Waals surface area contributed by atoms with Crippen molar-refractivity contribution in [3.8, 4) is 0 Å². The Morgan fingerprint density at radius 1 is 1.38 bits per heavy atom. The Hall–Kier alpha value is -1.00. The van der Waals surface area contributed by atoms with E-state index in [9.17, 15) is 9.50 Å². The lowest BCUT2D eigenvalue weighted by Crippen LogP contribution is -2.38. The maximum Gasteiger partial charge on any atom is 0.141 e. The Morgan fingerprint density at radius 3 is 2.56 bits per heavy atom. The summed E-state index contributed by atoms with van der Waals surface area (Å²) in [5.41, 5.74) is 0.791. The van der Waals surface area contributed by atoms with E-state index in [1.54, 1.807) is 6.20 Å². The molecule has 0 saturated carbocycles. The van der Waals surface area contributed by atoms with Gasteiger partial charge >= 0.3 is 0 Å². The van der Waals surface area contributed by atoms with Gasteiger partial charge < -0.3 is 10.4 Å². The zero-order valence-electron chi connectivity index (χ0n) is 9.94. The highest BCUT2D eigenvalue weighted by Gasteiger charge is 2.16. The molecule has 2 atom stereocenters. The summed E-state index contributed by atoms with van der Waals surface area (Å²) in [4.78, 5) is 3.81. The summed E-state index contributed by atoms with van der Waals surface area (Å²) in [5.74, 6) is -0.00906. The SMILES string of the molecule is CC(C)[C@H](CO)N[C@@H](C)c1cncc(F)c1. The van der Waals surface area contributed by atoms with E-state index in [4.69, 9.17) is 0 Å². The molecule has 3 nitrogen and oxygen atoms in total. The molecule has 1 heterocycles. The van der Waals surface area contributed by atoms with Crippen LogP contribution in [0.2, 0.25) is 0 Å². The molecule has 16 heavy (non-hydrogen) atoms. The highest BCUT2D eigenvalue weighted by Crippen LogP contribution is 2.14. The summed E-state index contributed by atoms with van der Waals surface area (Å²) < 4.78 is 13.0. The van der Waals surface area contributed by atoms with E-state index in [0.717, 1.165) is 5.56 Å². The molecule has 90 valence electrons. The molecule has 0 radical (unpaired) electrons. The molecule has 0 aliphatic heterocycles. The Balaban J connectivity index is 2.67. The number of pyridine rings is 1. The van der Waals surface area contributed by atoms with Gasteiger partial charge in [0.25, 0.3) is 0 Å². The molecule has 1 rings (SSSR count). The lowest BCUT2D eigenvalue weighted by atomic mass is 10.0. The minimum atomic E-state index is -0.337. The molecule has 0 aliphatic carbocycles. The Labute approximate surface area is 95.7 Å². The molecule has 1 aromatic rings. The third-order valence-corrected chi connectivity index (χ3v) is 2.69. The van der Waals surface area contributed by atoms with Gasteiger partial charge in [-0.05, 0) is 24.5 Å². The van der Waals surface area contributed by atoms with Crippen LogP contribution in [0.3, 0.4) is 0 Å². The molecule has 1 aromatic heterocycles. The Bertz CT molecular complexity index is 331. The normalized spacial score (nSPS) is 15.1. The lowest BCUT2D eigenvalue weighted by Gasteiger charge is -2.24. The summed E-state index contributed by atoms with van der Waals surface area (Å²) in [6.45, 7) is 6.07. The zero-order valence-corrected chi connectivity index (χ0v) is 9.94. The van der Waals surface area contributed by atoms with Crippen LogP contribution in [0.1, 0.15) is 32.4 Å². The van der Waals surface area contributed by atoms with Crippen LogP contribution in [0.25, 0.3) is 0 Å². The van der Waals surface area contributed by atoms with Crippen LogP contribution in [0.5, 0.6) is 0 Å². The second-order valence-corrected chi connectivity index (χ2v) is 4.36. The van der Waals surface area contributed by atoms with Gasteiger partial charge in [-0.15, -0.1) is 0 Å². The standard InChI is InChI=1S/C12H19FN2O/c1-8(2)12(7-16)15-9(3)10-4-11(13)6-14-5-10/h4-6,8-9,12,15-16H,7H2,1-3H3/t9-,12-/m0/s1. The van der Waals surface area contributed by atoms with E-state index < -0.39 is 0 Å². The van der Waals surface area contributed by atoms with Gasteiger partial charge in [0.1, 0.15) is 5.82 Å². The number of nitrogens with zero attached hydrogens (tertiary/aromatic N) is 1. The molecule has 0 bridgehead atoms. The van der Waals surface area contributed by atoms with Crippen molar-refractivity contribution >= 4 is 0 Å². The molecular formula is C12H19FN2O. The first-order chi connectivity index (χ1) is 7.54. The summed E-state index contributed by atoms with van der Waals surface area (Å²) in [6.07, 6.45) is 2.82. The van der Waals surface area contributed by atoms with Crippen LogP contribution in [0.4, 0.5) is 4.39 Å². The van der Waals surface area contributed by atoms with E-state index in [1.807, 2.05) is 20.8 Å². The van der Waals surface area contributed by atoms with Gasteiger partial charge in [0.15, 0.2) is 0 Å². The molecule has 0 fully saturated rings. The van der Waals surface area contributed by atoms with Gasteiger partial charge in [-0.2, -0.15) is 0 Å². The third kappa shape index (κ3) is 3.54. The second kappa shape index (κ2) is 5.92. The van der Waals surface area contributed by atoms with E-state index in [-0.39, 0.29) is 24.5 Å². The molecule has 0 aliphatic rings. The summed E-state index contributed by atoms with van der Waals surface area (Å²) in [5, 5.41) is 12.4. The van der Waals surface area contributed by atoms with Crippen molar-refractivity contribution < 1.29 is 9.50 Å². The van der Waals surface area contributed by atoms with E-state index in [2.05, 4.69) is 10.3 Å². The van der Waals surface area contributed by atoms with Crippen LogP contribution in [-0.4, -0.2) is 22.7 Å². The van der Waals surface area contributed by atoms with Crippen molar-refractivity contribution in [1.29, 1.82) is 0 Å². The second-order valence-electron chi connectivity index (χ2n) is 4.36. The van der Waals surface area contributed by atoms with Crippen molar-refractivity contribution in [3.05, 3.63) is 29.8 Å². The Kier molecular flexibility index (Phi) is 4.83. The molecule has 2 N–H and O–H groups in total. The fraction of sp³-hybridized carbons (Fsp3) is 0.583. The molecule has 0 aromatic carbocycles. The van der Waals surface area contributed by atoms with Crippen molar-refractivity contribution in [2.75, 3.05) is 6.61 Å². The average Bonchev–Trinajstić information content (AvgIpc) is 2.25. The fourth-order valence-electron chi connectivity index (χ4n) is 1.54. The van der Waals surface area contributed by atoms with Gasteiger partial charge in [0.2, 0.25) is 0 Å². The largest absolute Gasteiger partial charge is 0.395 e. The van der Waals surface area contributed by atoms with Gasteiger partial charge in [-0.1, -0.05) is 13.8 Å². The number of aliphatic hydroxyl groups is 1. The fourth-order valence-corrected chi connectivity index (χ4v) is 1.54. The number of halogens is 1. The average molecular weight is 226 g/mol. The van der Waals surface area contributed by atoms with Crippen molar-refractivity contribution in [3.63, 3.8) is 0 Å². The Morgan fingerprint density at radius 2 is 2.06 bits per heavy atom. The highest BCUT2D eigenvalue weighted by atomic mass is 19.1. The number of nitrogens with one attached hydrogen (secondary N) is 1. The van der Waals surface area contributed by atoms with Gasteiger partial charge in [0, 0.05) is 18.3 Å². The maximum absolute atomic E-state index is 13.0. The predicted octanol–water partition coefficient (Wildman–Crippen LogP) is 1.89. The van der Waals surface area contributed by atoms with Crippen LogP contribution in [0, 0.1) is 11.7 Å². The minimum absolute atomic E-state index is 0.0123. The van der Waals surface area contributed by atoms with Gasteiger partial charge in [-0.3, -0.25) is 4.98 Å². The number of aromatic nitrogens is 1. The third-order valence-electron chi connectivity index (χ3n) is 2.69. The summed E-state index contributed by atoms with van der Waals surface area (Å²) in [6, 6.07) is 1.44.